The number of thioether (sulfide) groups is 1. The van der Waals surface area contributed by atoms with Crippen molar-refractivity contribution in [3.63, 3.8) is 0 Å². The Kier molecular flexibility index (Phi) is 7.79. The van der Waals surface area contributed by atoms with Gasteiger partial charge in [0.1, 0.15) is 6.04 Å². The second-order valence-electron chi connectivity index (χ2n) is 11.9. The second-order valence-corrected chi connectivity index (χ2v) is 13.4. The first-order chi connectivity index (χ1) is 20.3. The zero-order valence-corrected chi connectivity index (χ0v) is 25.3. The van der Waals surface area contributed by atoms with Crippen LogP contribution < -0.4 is 4.90 Å². The number of hydrogen-bond acceptors (Lipinski definition) is 5. The van der Waals surface area contributed by atoms with Gasteiger partial charge in [0.2, 0.25) is 11.8 Å². The highest BCUT2D eigenvalue weighted by molar-refractivity contribution is 8.02. The Morgan fingerprint density at radius 2 is 1.69 bits per heavy atom. The average molecular weight is 586 g/mol. The zero-order valence-electron chi connectivity index (χ0n) is 24.5. The molecular weight excluding hydrogens is 546 g/mol. The molecule has 6 atom stereocenters. The molecule has 1 N–H and O–H groups in total. The molecule has 7 nitrogen and oxygen atoms in total. The van der Waals surface area contributed by atoms with Crippen molar-refractivity contribution >= 4 is 35.2 Å². The van der Waals surface area contributed by atoms with E-state index in [1.54, 1.807) is 21.6 Å². The largest absolute Gasteiger partial charge is 0.394 e. The first-order valence-electron chi connectivity index (χ1n) is 15.0. The maximum atomic E-state index is 14.9. The molecule has 4 aliphatic rings. The number of aliphatic hydroxyl groups is 1. The molecule has 6 rings (SSSR count). The summed E-state index contributed by atoms with van der Waals surface area (Å²) in [6.07, 6.45) is 9.41. The van der Waals surface area contributed by atoms with Crippen molar-refractivity contribution in [3.8, 4) is 0 Å². The van der Waals surface area contributed by atoms with Crippen LogP contribution in [-0.4, -0.2) is 80.9 Å². The fourth-order valence-electron chi connectivity index (χ4n) is 7.56. The minimum atomic E-state index is -0.922. The number of carbonyl (C=O) groups is 3. The molecule has 4 heterocycles. The van der Waals surface area contributed by atoms with Crippen LogP contribution in [0.1, 0.15) is 30.0 Å². The van der Waals surface area contributed by atoms with Crippen LogP contribution in [0.15, 0.2) is 72.8 Å². The third-order valence-electron chi connectivity index (χ3n) is 9.30. The van der Waals surface area contributed by atoms with Crippen molar-refractivity contribution in [2.24, 2.45) is 11.8 Å². The van der Waals surface area contributed by atoms with E-state index < -0.39 is 28.7 Å². The number of aryl methyl sites for hydroxylation is 2. The zero-order chi connectivity index (χ0) is 29.6. The van der Waals surface area contributed by atoms with E-state index in [1.165, 1.54) is 0 Å². The van der Waals surface area contributed by atoms with Gasteiger partial charge in [0, 0.05) is 30.6 Å². The molecule has 2 saturated heterocycles. The number of anilines is 1. The molecule has 0 radical (unpaired) electrons. The maximum Gasteiger partial charge on any atom is 0.251 e. The summed E-state index contributed by atoms with van der Waals surface area (Å²) in [5.41, 5.74) is 3.80. The molecule has 3 amide bonds. The number of hydrogen-bond donors (Lipinski definition) is 1. The lowest BCUT2D eigenvalue weighted by Crippen LogP contribution is -2.57. The first kappa shape index (κ1) is 28.7. The van der Waals surface area contributed by atoms with Crippen molar-refractivity contribution < 1.29 is 19.5 Å². The third kappa shape index (κ3) is 4.51. The number of carbonyl (C=O) groups excluding carboxylic acids is 3. The Morgan fingerprint density at radius 3 is 2.38 bits per heavy atom. The maximum absolute atomic E-state index is 14.9. The van der Waals surface area contributed by atoms with Crippen LogP contribution in [0.3, 0.4) is 0 Å². The molecule has 2 aromatic carbocycles. The van der Waals surface area contributed by atoms with E-state index in [4.69, 9.17) is 0 Å². The van der Waals surface area contributed by atoms with Gasteiger partial charge in [0.05, 0.1) is 29.2 Å². The number of likely N-dealkylation sites (tertiary alicyclic amines) is 1. The monoisotopic (exact) mass is 585 g/mol. The Labute approximate surface area is 252 Å². The molecule has 0 aliphatic carbocycles. The van der Waals surface area contributed by atoms with Crippen LogP contribution in [0.2, 0.25) is 0 Å². The fraction of sp³-hybridized carbons (Fsp3) is 0.441. The molecule has 8 heteroatoms. The molecule has 4 aliphatic heterocycles. The molecule has 0 aromatic heterocycles. The van der Waals surface area contributed by atoms with Gasteiger partial charge in [0.25, 0.3) is 5.91 Å². The van der Waals surface area contributed by atoms with E-state index in [-0.39, 0.29) is 29.6 Å². The summed E-state index contributed by atoms with van der Waals surface area (Å²) in [6.45, 7) is 7.30. The van der Waals surface area contributed by atoms with Gasteiger partial charge in [-0.25, -0.2) is 0 Å². The fourth-order valence-corrected chi connectivity index (χ4v) is 9.56. The number of nitrogens with zero attached hydrogens (tertiary/aromatic N) is 3. The summed E-state index contributed by atoms with van der Waals surface area (Å²) in [5.74, 6) is -1.66. The van der Waals surface area contributed by atoms with E-state index in [2.05, 4.69) is 6.08 Å². The Bertz CT molecular complexity index is 1420. The highest BCUT2D eigenvalue weighted by Gasteiger charge is 2.71. The van der Waals surface area contributed by atoms with Crippen molar-refractivity contribution in [1.29, 1.82) is 0 Å². The minimum Gasteiger partial charge on any atom is -0.394 e. The van der Waals surface area contributed by atoms with Gasteiger partial charge >= 0.3 is 0 Å². The summed E-state index contributed by atoms with van der Waals surface area (Å²) in [5, 5.41) is 10.6. The quantitative estimate of drug-likeness (QED) is 0.499. The van der Waals surface area contributed by atoms with E-state index >= 15 is 0 Å². The molecule has 0 bridgehead atoms. The number of fused-ring (bicyclic) bond motifs is 2. The Morgan fingerprint density at radius 1 is 0.952 bits per heavy atom. The number of rotatable bonds is 7. The van der Waals surface area contributed by atoms with Gasteiger partial charge in [-0.2, -0.15) is 0 Å². The van der Waals surface area contributed by atoms with Crippen LogP contribution in [0.25, 0.3) is 0 Å². The van der Waals surface area contributed by atoms with Crippen LogP contribution in [0, 0.1) is 25.7 Å². The molecule has 0 saturated carbocycles. The van der Waals surface area contributed by atoms with Crippen molar-refractivity contribution in [3.05, 3.63) is 89.5 Å². The molecule has 2 fully saturated rings. The number of para-hydroxylation sites is 1. The number of benzene rings is 2. The topological polar surface area (TPSA) is 81.2 Å². The lowest BCUT2D eigenvalue weighted by Gasteiger charge is -2.39. The molecule has 220 valence electrons. The van der Waals surface area contributed by atoms with Gasteiger partial charge in [-0.3, -0.25) is 14.4 Å². The van der Waals surface area contributed by atoms with E-state index in [0.29, 0.717) is 26.1 Å². The van der Waals surface area contributed by atoms with E-state index in [1.807, 2.05) is 92.4 Å². The van der Waals surface area contributed by atoms with Crippen LogP contribution >= 0.6 is 11.8 Å². The van der Waals surface area contributed by atoms with Gasteiger partial charge in [-0.15, -0.1) is 11.8 Å². The average Bonchev–Trinajstić information content (AvgIpc) is 3.31. The standard InChI is InChI=1S/C34H39N3O4S/c1-4-17-35-18-9-15-26-27(31(35)39)28-32(40)37(25(21-38)20-24-13-6-5-7-14-24)30-33(41)36(19-10-16-34(28,30)42-26)29-22(2)11-8-12-23(29)3/h5-16,25-28,30,38H,4,17-21H2,1-3H3/t25-,26-,27+,28+,30?,34+/m1/s1. The lowest BCUT2D eigenvalue weighted by atomic mass is 9.78. The predicted octanol–water partition coefficient (Wildman–Crippen LogP) is 3.92. The van der Waals surface area contributed by atoms with Crippen LogP contribution in [0.5, 0.6) is 0 Å². The third-order valence-corrected chi connectivity index (χ3v) is 11.0. The summed E-state index contributed by atoms with van der Waals surface area (Å²) >= 11 is 1.59. The van der Waals surface area contributed by atoms with Crippen molar-refractivity contribution in [1.82, 2.24) is 9.80 Å². The molecule has 42 heavy (non-hydrogen) atoms. The smallest absolute Gasteiger partial charge is 0.251 e. The predicted molar refractivity (Wildman–Crippen MR) is 166 cm³/mol. The van der Waals surface area contributed by atoms with Gasteiger partial charge in [-0.1, -0.05) is 79.8 Å². The van der Waals surface area contributed by atoms with Crippen LogP contribution in [-0.2, 0) is 20.8 Å². The van der Waals surface area contributed by atoms with Crippen molar-refractivity contribution in [2.75, 3.05) is 31.1 Å². The molecule has 1 spiro atoms. The molecule has 2 aromatic rings. The van der Waals surface area contributed by atoms with Crippen molar-refractivity contribution in [2.45, 2.75) is 55.7 Å². The van der Waals surface area contributed by atoms with Gasteiger partial charge in [0.15, 0.2) is 0 Å². The SMILES string of the molecule is CCCN1CC=C[C@H]2S[C@]34C=CCN(c5c(C)cccc5C)C(=O)C3N([C@@H](CO)Cc3ccccc3)C(=O)[C@@H]4[C@H]2C1=O. The lowest BCUT2D eigenvalue weighted by molar-refractivity contribution is -0.144. The van der Waals surface area contributed by atoms with E-state index in [0.717, 1.165) is 28.8 Å². The Hall–Kier alpha value is -3.36. The summed E-state index contributed by atoms with van der Waals surface area (Å²) in [6, 6.07) is 14.3. The highest BCUT2D eigenvalue weighted by Crippen LogP contribution is 2.61. The number of amides is 3. The van der Waals surface area contributed by atoms with Gasteiger partial charge < -0.3 is 19.8 Å². The summed E-state index contributed by atoms with van der Waals surface area (Å²) in [7, 11) is 0. The first-order valence-corrected chi connectivity index (χ1v) is 15.9. The number of aliphatic hydroxyl groups excluding tert-OH is 1. The summed E-state index contributed by atoms with van der Waals surface area (Å²) < 4.78 is -0.922. The second kappa shape index (κ2) is 11.4. The van der Waals surface area contributed by atoms with E-state index in [9.17, 15) is 19.5 Å². The molecular formula is C34H39N3O4S. The molecule has 1 unspecified atom stereocenters. The summed E-state index contributed by atoms with van der Waals surface area (Å²) in [4.78, 5) is 49.1. The normalized spacial score (nSPS) is 29.3. The van der Waals surface area contributed by atoms with Crippen LogP contribution in [0.4, 0.5) is 5.69 Å². The Balaban J connectivity index is 1.49. The minimum absolute atomic E-state index is 0.0181. The van der Waals surface area contributed by atoms with Gasteiger partial charge in [-0.05, 0) is 43.4 Å². The highest BCUT2D eigenvalue weighted by atomic mass is 32.2.